The van der Waals surface area contributed by atoms with Crippen molar-refractivity contribution in [2.45, 2.75) is 13.2 Å². The van der Waals surface area contributed by atoms with E-state index in [0.29, 0.717) is 0 Å². The molecule has 0 aromatic carbocycles. The van der Waals surface area contributed by atoms with E-state index in [1.54, 1.807) is 0 Å². The third-order valence-corrected chi connectivity index (χ3v) is 0.602. The van der Waals surface area contributed by atoms with Crippen molar-refractivity contribution in [2.24, 2.45) is 5.18 Å². The lowest BCUT2D eigenvalue weighted by atomic mass is 10.6. The van der Waals surface area contributed by atoms with Gasteiger partial charge in [0.1, 0.15) is 0 Å². The first kappa shape index (κ1) is 7.81. The van der Waals surface area contributed by atoms with Gasteiger partial charge >= 0.3 is 5.97 Å². The summed E-state index contributed by atoms with van der Waals surface area (Å²) in [7, 11) is 0. The molecule has 9 heavy (non-hydrogen) atoms. The van der Waals surface area contributed by atoms with Gasteiger partial charge in [0.2, 0.25) is 6.23 Å². The maximum absolute atomic E-state index is 10.2. The van der Waals surface area contributed by atoms with Gasteiger partial charge in [-0.1, -0.05) is 6.58 Å². The van der Waals surface area contributed by atoms with Gasteiger partial charge in [-0.15, -0.1) is 4.91 Å². The zero-order chi connectivity index (χ0) is 7.28. The summed E-state index contributed by atoms with van der Waals surface area (Å²) in [5.41, 5.74) is 0. The Hall–Kier alpha value is -1.19. The minimum atomic E-state index is -0.921. The summed E-state index contributed by atoms with van der Waals surface area (Å²) in [5, 5.41) is 2.44. The smallest absolute Gasteiger partial charge is 0.332 e. The molecule has 0 aromatic rings. The van der Waals surface area contributed by atoms with E-state index >= 15 is 0 Å². The molecular formula is C5H7NO3. The summed E-state index contributed by atoms with van der Waals surface area (Å²) >= 11 is 0. The number of ether oxygens (including phenoxy) is 1. The molecule has 0 aromatic heterocycles. The van der Waals surface area contributed by atoms with Crippen molar-refractivity contribution in [3.8, 4) is 0 Å². The zero-order valence-electron chi connectivity index (χ0n) is 5.03. The fourth-order valence-electron chi connectivity index (χ4n) is 0.238. The van der Waals surface area contributed by atoms with Crippen molar-refractivity contribution < 1.29 is 9.53 Å². The number of carbonyl (C=O) groups excluding carboxylic acids is 1. The van der Waals surface area contributed by atoms with Crippen molar-refractivity contribution in [1.82, 2.24) is 0 Å². The van der Waals surface area contributed by atoms with Crippen molar-refractivity contribution in [1.29, 1.82) is 0 Å². The van der Waals surface area contributed by atoms with Crippen LogP contribution in [0, 0.1) is 4.91 Å². The summed E-state index contributed by atoms with van der Waals surface area (Å²) in [6, 6.07) is 0. The van der Waals surface area contributed by atoms with Gasteiger partial charge in [-0.05, 0) is 12.1 Å². The molecule has 0 aliphatic heterocycles. The number of carbonyl (C=O) groups is 1. The summed E-state index contributed by atoms with van der Waals surface area (Å²) in [4.78, 5) is 19.8. The highest BCUT2D eigenvalue weighted by Gasteiger charge is 2.02. The Morgan fingerprint density at radius 2 is 2.44 bits per heavy atom. The van der Waals surface area contributed by atoms with Crippen LogP contribution in [-0.2, 0) is 9.53 Å². The molecule has 50 valence electrons. The molecule has 1 atom stereocenters. The Morgan fingerprint density at radius 3 is 2.78 bits per heavy atom. The van der Waals surface area contributed by atoms with Crippen LogP contribution in [0.25, 0.3) is 0 Å². The van der Waals surface area contributed by atoms with E-state index in [1.807, 2.05) is 0 Å². The highest BCUT2D eigenvalue weighted by molar-refractivity contribution is 5.81. The second-order valence-corrected chi connectivity index (χ2v) is 1.35. The Kier molecular flexibility index (Phi) is 3.27. The van der Waals surface area contributed by atoms with Crippen LogP contribution in [0.5, 0.6) is 0 Å². The van der Waals surface area contributed by atoms with Crippen LogP contribution in [0.3, 0.4) is 0 Å². The lowest BCUT2D eigenvalue weighted by Crippen LogP contribution is -2.08. The van der Waals surface area contributed by atoms with Gasteiger partial charge in [-0.3, -0.25) is 0 Å². The third kappa shape index (κ3) is 3.40. The highest BCUT2D eigenvalue weighted by atomic mass is 16.6. The SMILES string of the molecule is C=CC(=O)OC(C)N=O. The standard InChI is InChI=1S/C5H7NO3/c1-3-5(7)9-4(2)6-8/h3-4H,1H2,2H3. The van der Waals surface area contributed by atoms with E-state index in [-0.39, 0.29) is 0 Å². The van der Waals surface area contributed by atoms with Gasteiger partial charge in [-0.2, -0.15) is 0 Å². The van der Waals surface area contributed by atoms with E-state index in [2.05, 4.69) is 16.5 Å². The van der Waals surface area contributed by atoms with Crippen molar-refractivity contribution >= 4 is 5.97 Å². The number of hydrogen-bond acceptors (Lipinski definition) is 4. The van der Waals surface area contributed by atoms with Crippen molar-refractivity contribution in [3.05, 3.63) is 17.6 Å². The van der Waals surface area contributed by atoms with Gasteiger partial charge < -0.3 is 4.74 Å². The lowest BCUT2D eigenvalue weighted by molar-refractivity contribution is -0.141. The van der Waals surface area contributed by atoms with Crippen molar-refractivity contribution in [2.75, 3.05) is 0 Å². The molecule has 0 radical (unpaired) electrons. The predicted molar refractivity (Wildman–Crippen MR) is 31.5 cm³/mol. The fraction of sp³-hybridized carbons (Fsp3) is 0.400. The molecular weight excluding hydrogens is 122 g/mol. The summed E-state index contributed by atoms with van der Waals surface area (Å²) in [6.45, 7) is 4.50. The van der Waals surface area contributed by atoms with E-state index < -0.39 is 12.2 Å². The largest absolute Gasteiger partial charge is 0.433 e. The molecule has 0 fully saturated rings. The Balaban J connectivity index is 3.58. The van der Waals surface area contributed by atoms with E-state index in [9.17, 15) is 9.70 Å². The van der Waals surface area contributed by atoms with Crippen LogP contribution >= 0.6 is 0 Å². The average Bonchev–Trinajstić information content (AvgIpc) is 1.87. The summed E-state index contributed by atoms with van der Waals surface area (Å²) in [5.74, 6) is -0.637. The summed E-state index contributed by atoms with van der Waals surface area (Å²) in [6.07, 6.45) is 0.0531. The molecule has 0 N–H and O–H groups in total. The molecule has 0 saturated carbocycles. The molecule has 0 aliphatic rings. The van der Waals surface area contributed by atoms with Crippen LogP contribution in [0.2, 0.25) is 0 Å². The number of hydrogen-bond donors (Lipinski definition) is 0. The molecule has 0 saturated heterocycles. The molecule has 1 unspecified atom stereocenters. The predicted octanol–water partition coefficient (Wildman–Crippen LogP) is 0.828. The van der Waals surface area contributed by atoms with E-state index in [0.717, 1.165) is 6.08 Å². The lowest BCUT2D eigenvalue weighted by Gasteiger charge is -1.99. The highest BCUT2D eigenvalue weighted by Crippen LogP contribution is 1.91. The van der Waals surface area contributed by atoms with Gasteiger partial charge in [0.25, 0.3) is 0 Å². The summed E-state index contributed by atoms with van der Waals surface area (Å²) < 4.78 is 4.31. The number of esters is 1. The molecule has 4 nitrogen and oxygen atoms in total. The fourth-order valence-corrected chi connectivity index (χ4v) is 0.238. The van der Waals surface area contributed by atoms with Gasteiger partial charge in [0, 0.05) is 6.08 Å². The van der Waals surface area contributed by atoms with Gasteiger partial charge in [0.05, 0.1) is 0 Å². The molecule has 0 amide bonds. The molecule has 0 heterocycles. The first-order chi connectivity index (χ1) is 4.20. The van der Waals surface area contributed by atoms with E-state index in [4.69, 9.17) is 0 Å². The maximum atomic E-state index is 10.2. The first-order valence-corrected chi connectivity index (χ1v) is 2.36. The van der Waals surface area contributed by atoms with E-state index in [1.165, 1.54) is 6.92 Å². The van der Waals surface area contributed by atoms with Gasteiger partial charge in [-0.25, -0.2) is 4.79 Å². The average molecular weight is 129 g/mol. The Bertz CT molecular complexity index is 132. The molecule has 4 heteroatoms. The monoisotopic (exact) mass is 129 g/mol. The topological polar surface area (TPSA) is 55.7 Å². The normalized spacial score (nSPS) is 11.7. The van der Waals surface area contributed by atoms with Crippen LogP contribution in [0.1, 0.15) is 6.92 Å². The Morgan fingerprint density at radius 1 is 1.89 bits per heavy atom. The molecule has 0 aliphatic carbocycles. The number of nitrogens with zero attached hydrogens (tertiary/aromatic N) is 1. The zero-order valence-corrected chi connectivity index (χ0v) is 5.03. The molecule has 0 bridgehead atoms. The minimum absolute atomic E-state index is 0.637. The quantitative estimate of drug-likeness (QED) is 0.322. The van der Waals surface area contributed by atoms with Crippen LogP contribution in [0.4, 0.5) is 0 Å². The number of rotatable bonds is 3. The van der Waals surface area contributed by atoms with Crippen LogP contribution < -0.4 is 0 Å². The molecule has 0 spiro atoms. The maximum Gasteiger partial charge on any atom is 0.332 e. The molecule has 0 rings (SSSR count). The first-order valence-electron chi connectivity index (χ1n) is 2.36. The second-order valence-electron chi connectivity index (χ2n) is 1.35. The Labute approximate surface area is 52.5 Å². The number of nitroso groups, excluding NO2 is 1. The van der Waals surface area contributed by atoms with Crippen molar-refractivity contribution in [3.63, 3.8) is 0 Å². The van der Waals surface area contributed by atoms with Crippen LogP contribution in [-0.4, -0.2) is 12.2 Å². The van der Waals surface area contributed by atoms with Crippen LogP contribution in [0.15, 0.2) is 17.8 Å². The minimum Gasteiger partial charge on any atom is -0.433 e. The van der Waals surface area contributed by atoms with Gasteiger partial charge in [0.15, 0.2) is 0 Å². The third-order valence-electron chi connectivity index (χ3n) is 0.602. The second kappa shape index (κ2) is 3.77.